The smallest absolute Gasteiger partial charge is 0.302 e. The molecule has 0 heterocycles. The predicted molar refractivity (Wildman–Crippen MR) is 103 cm³/mol. The summed E-state index contributed by atoms with van der Waals surface area (Å²) in [4.78, 5) is 36.1. The van der Waals surface area contributed by atoms with Gasteiger partial charge in [-0.1, -0.05) is 20.3 Å². The third kappa shape index (κ3) is 2.91. The van der Waals surface area contributed by atoms with Crippen LogP contribution >= 0.6 is 0 Å². The summed E-state index contributed by atoms with van der Waals surface area (Å²) in [5.74, 6) is 0.617. The van der Waals surface area contributed by atoms with Crippen molar-refractivity contribution < 1.29 is 23.9 Å². The van der Waals surface area contributed by atoms with E-state index in [1.54, 1.807) is 0 Å². The van der Waals surface area contributed by atoms with E-state index in [1.807, 2.05) is 0 Å². The first kappa shape index (κ1) is 19.9. The molecule has 0 unspecified atom stereocenters. The number of ether oxygens (including phenoxy) is 2. The van der Waals surface area contributed by atoms with Crippen molar-refractivity contribution in [1.29, 1.82) is 0 Å². The average molecular weight is 391 g/mol. The maximum absolute atomic E-state index is 12.7. The molecule has 4 fully saturated rings. The fraction of sp³-hybridized carbons (Fsp3) is 0.870. The van der Waals surface area contributed by atoms with Gasteiger partial charge in [0.2, 0.25) is 0 Å². The van der Waals surface area contributed by atoms with Gasteiger partial charge in [-0.25, -0.2) is 0 Å². The number of carbonyl (C=O) groups is 3. The van der Waals surface area contributed by atoms with Crippen LogP contribution in [0.15, 0.2) is 0 Å². The first-order chi connectivity index (χ1) is 13.1. The van der Waals surface area contributed by atoms with Crippen molar-refractivity contribution in [1.82, 2.24) is 0 Å². The van der Waals surface area contributed by atoms with Gasteiger partial charge in [-0.15, -0.1) is 0 Å². The second-order valence-corrected chi connectivity index (χ2v) is 10.7. The van der Waals surface area contributed by atoms with Crippen LogP contribution in [-0.2, 0) is 23.9 Å². The third-order valence-corrected chi connectivity index (χ3v) is 8.85. The maximum atomic E-state index is 12.7. The van der Waals surface area contributed by atoms with Gasteiger partial charge in [0.05, 0.1) is 6.61 Å². The molecule has 4 aliphatic rings. The lowest BCUT2D eigenvalue weighted by molar-refractivity contribution is -0.209. The number of hydrogen-bond donors (Lipinski definition) is 0. The SMILES string of the molecule is CC(=O)OC[C@@]1(C)CCC[C@]2(C)[C@@H]1CC[C@]13CC(=O)[C@H](C[C@H](OC(C)=O)[C@H]12)C3. The number of carbonyl (C=O) groups excluding carboxylic acids is 3. The Bertz CT molecular complexity index is 701. The highest BCUT2D eigenvalue weighted by Gasteiger charge is 2.68. The molecule has 4 saturated carbocycles. The van der Waals surface area contributed by atoms with Crippen LogP contribution in [0, 0.1) is 34.0 Å². The van der Waals surface area contributed by atoms with E-state index < -0.39 is 0 Å². The second kappa shape index (κ2) is 6.56. The van der Waals surface area contributed by atoms with Gasteiger partial charge in [0.25, 0.3) is 0 Å². The van der Waals surface area contributed by atoms with E-state index >= 15 is 0 Å². The monoisotopic (exact) mass is 390 g/mol. The van der Waals surface area contributed by atoms with E-state index in [9.17, 15) is 14.4 Å². The minimum absolute atomic E-state index is 0.00110. The molecular weight excluding hydrogens is 356 g/mol. The molecule has 1 spiro atoms. The predicted octanol–water partition coefficient (Wildman–Crippen LogP) is 4.07. The van der Waals surface area contributed by atoms with Crippen molar-refractivity contribution in [3.63, 3.8) is 0 Å². The van der Waals surface area contributed by atoms with Gasteiger partial charge in [0.15, 0.2) is 0 Å². The standard InChI is InChI=1S/C23H34O5/c1-14(24)27-13-21(3)7-5-8-22(4)19(21)6-9-23-11-16(17(26)12-23)10-18(20(22)23)28-15(2)25/h16,18-20H,5-13H2,1-4H3/t16-,18+,19-,20+,21-,22-,23+/m1/s1. The molecule has 0 aromatic carbocycles. The lowest BCUT2D eigenvalue weighted by atomic mass is 9.40. The molecule has 28 heavy (non-hydrogen) atoms. The summed E-state index contributed by atoms with van der Waals surface area (Å²) < 4.78 is 11.4. The van der Waals surface area contributed by atoms with Gasteiger partial charge >= 0.3 is 11.9 Å². The zero-order valence-corrected chi connectivity index (χ0v) is 17.7. The average Bonchev–Trinajstić information content (AvgIpc) is 2.82. The Balaban J connectivity index is 1.72. The Morgan fingerprint density at radius 3 is 2.54 bits per heavy atom. The summed E-state index contributed by atoms with van der Waals surface area (Å²) in [7, 11) is 0. The van der Waals surface area contributed by atoms with Gasteiger partial charge in [0, 0.05) is 37.5 Å². The number of fused-ring (bicyclic) bond motifs is 3. The summed E-state index contributed by atoms with van der Waals surface area (Å²) in [6.07, 6.45) is 7.48. The number of hydrogen-bond acceptors (Lipinski definition) is 5. The van der Waals surface area contributed by atoms with Gasteiger partial charge < -0.3 is 9.47 Å². The molecule has 0 N–H and O–H groups in total. The minimum atomic E-state index is -0.238. The Hall–Kier alpha value is -1.39. The van der Waals surface area contributed by atoms with Gasteiger partial charge in [-0.3, -0.25) is 14.4 Å². The molecule has 5 nitrogen and oxygen atoms in total. The van der Waals surface area contributed by atoms with E-state index in [4.69, 9.17) is 9.47 Å². The Morgan fingerprint density at radius 2 is 1.86 bits per heavy atom. The van der Waals surface area contributed by atoms with Crippen LogP contribution in [0.4, 0.5) is 0 Å². The highest BCUT2D eigenvalue weighted by molar-refractivity contribution is 5.85. The largest absolute Gasteiger partial charge is 0.465 e. The highest BCUT2D eigenvalue weighted by atomic mass is 16.5. The summed E-state index contributed by atoms with van der Waals surface area (Å²) >= 11 is 0. The molecule has 0 amide bonds. The van der Waals surface area contributed by atoms with E-state index in [1.165, 1.54) is 13.8 Å². The number of esters is 2. The van der Waals surface area contributed by atoms with E-state index in [2.05, 4.69) is 13.8 Å². The molecular formula is C23H34O5. The Kier molecular flexibility index (Phi) is 4.67. The minimum Gasteiger partial charge on any atom is -0.465 e. The van der Waals surface area contributed by atoms with Crippen LogP contribution in [0.1, 0.15) is 79.1 Å². The first-order valence-electron chi connectivity index (χ1n) is 10.9. The summed E-state index contributed by atoms with van der Waals surface area (Å²) in [6, 6.07) is 0. The van der Waals surface area contributed by atoms with Crippen molar-refractivity contribution in [2.24, 2.45) is 34.0 Å². The van der Waals surface area contributed by atoms with E-state index in [-0.39, 0.29) is 46.1 Å². The topological polar surface area (TPSA) is 69.7 Å². The van der Waals surface area contributed by atoms with Crippen LogP contribution in [-0.4, -0.2) is 30.4 Å². The molecule has 4 aliphatic carbocycles. The van der Waals surface area contributed by atoms with Crippen LogP contribution < -0.4 is 0 Å². The third-order valence-electron chi connectivity index (χ3n) is 8.85. The number of rotatable bonds is 3. The Morgan fingerprint density at radius 1 is 1.11 bits per heavy atom. The van der Waals surface area contributed by atoms with Crippen molar-refractivity contribution in [2.75, 3.05) is 6.61 Å². The molecule has 0 aromatic rings. The molecule has 0 aliphatic heterocycles. The van der Waals surface area contributed by atoms with Crippen LogP contribution in [0.3, 0.4) is 0 Å². The summed E-state index contributed by atoms with van der Waals surface area (Å²) in [6.45, 7) is 8.06. The van der Waals surface area contributed by atoms with E-state index in [0.717, 1.165) is 38.5 Å². The summed E-state index contributed by atoms with van der Waals surface area (Å²) in [5, 5.41) is 0. The van der Waals surface area contributed by atoms with Gasteiger partial charge in [0.1, 0.15) is 11.9 Å². The molecule has 5 heteroatoms. The molecule has 156 valence electrons. The maximum Gasteiger partial charge on any atom is 0.302 e. The normalized spacial score (nSPS) is 47.1. The molecule has 4 rings (SSSR count). The van der Waals surface area contributed by atoms with Gasteiger partial charge in [-0.05, 0) is 55.3 Å². The van der Waals surface area contributed by atoms with Crippen molar-refractivity contribution in [3.8, 4) is 0 Å². The lowest BCUT2D eigenvalue weighted by Crippen LogP contribution is -2.61. The summed E-state index contributed by atoms with van der Waals surface area (Å²) in [5.41, 5.74) is -0.0628. The van der Waals surface area contributed by atoms with E-state index in [0.29, 0.717) is 31.1 Å². The van der Waals surface area contributed by atoms with Crippen LogP contribution in [0.2, 0.25) is 0 Å². The Labute approximate surface area is 167 Å². The molecule has 2 bridgehead atoms. The fourth-order valence-electron chi connectivity index (χ4n) is 8.17. The molecule has 0 saturated heterocycles. The van der Waals surface area contributed by atoms with Crippen LogP contribution in [0.5, 0.6) is 0 Å². The fourth-order valence-corrected chi connectivity index (χ4v) is 8.17. The van der Waals surface area contributed by atoms with Crippen molar-refractivity contribution >= 4 is 17.7 Å². The quantitative estimate of drug-likeness (QED) is 0.679. The van der Waals surface area contributed by atoms with Crippen molar-refractivity contribution in [2.45, 2.75) is 85.2 Å². The number of ketones is 1. The zero-order valence-electron chi connectivity index (χ0n) is 17.7. The van der Waals surface area contributed by atoms with Crippen LogP contribution in [0.25, 0.3) is 0 Å². The van der Waals surface area contributed by atoms with Crippen molar-refractivity contribution in [3.05, 3.63) is 0 Å². The molecule has 0 radical (unpaired) electrons. The lowest BCUT2D eigenvalue weighted by Gasteiger charge is -2.65. The molecule has 7 atom stereocenters. The molecule has 0 aromatic heterocycles. The zero-order chi connectivity index (χ0) is 20.3. The van der Waals surface area contributed by atoms with Gasteiger partial charge in [-0.2, -0.15) is 0 Å². The second-order valence-electron chi connectivity index (χ2n) is 10.7. The number of Topliss-reactive ketones (excluding diaryl/α,β-unsaturated/α-hetero) is 1. The highest BCUT2D eigenvalue weighted by Crippen LogP contribution is 2.71. The first-order valence-corrected chi connectivity index (χ1v) is 10.9.